The predicted octanol–water partition coefficient (Wildman–Crippen LogP) is 1.34. The number of nitrogens with two attached hydrogens (primary N) is 1. The van der Waals surface area contributed by atoms with Gasteiger partial charge in [-0.25, -0.2) is 4.39 Å². The van der Waals surface area contributed by atoms with Crippen molar-refractivity contribution in [1.29, 1.82) is 0 Å². The molecule has 0 bridgehead atoms. The van der Waals surface area contributed by atoms with E-state index in [1.165, 1.54) is 6.07 Å². The highest BCUT2D eigenvalue weighted by Gasteiger charge is 2.15. The largest absolute Gasteiger partial charge is 0.489 e. The maximum Gasteiger partial charge on any atom is 0.165 e. The summed E-state index contributed by atoms with van der Waals surface area (Å²) in [6.07, 6.45) is 0.627. The van der Waals surface area contributed by atoms with Crippen LogP contribution in [0.3, 0.4) is 0 Å². The summed E-state index contributed by atoms with van der Waals surface area (Å²) in [7, 11) is 2.13. The van der Waals surface area contributed by atoms with E-state index in [0.29, 0.717) is 18.8 Å². The molecular formula is C16H26FN3O. The average Bonchev–Trinajstić information content (AvgIpc) is 2.43. The van der Waals surface area contributed by atoms with Crippen molar-refractivity contribution in [2.45, 2.75) is 19.4 Å². The maximum atomic E-state index is 13.9. The van der Waals surface area contributed by atoms with Gasteiger partial charge in [-0.2, -0.15) is 0 Å². The molecule has 21 heavy (non-hydrogen) atoms. The van der Waals surface area contributed by atoms with Crippen molar-refractivity contribution in [3.63, 3.8) is 0 Å². The molecule has 4 nitrogen and oxygen atoms in total. The molecule has 1 fully saturated rings. The SMILES string of the molecule is CC(N)Cc1cccc(F)c1OCCN1CCN(C)CC1. The fraction of sp³-hybridized carbons (Fsp3) is 0.625. The number of benzene rings is 1. The summed E-state index contributed by atoms with van der Waals surface area (Å²) in [6, 6.07) is 5.03. The normalized spacial score (nSPS) is 18.7. The molecule has 0 aliphatic carbocycles. The van der Waals surface area contributed by atoms with Gasteiger partial charge in [0.25, 0.3) is 0 Å². The van der Waals surface area contributed by atoms with Gasteiger partial charge < -0.3 is 15.4 Å². The lowest BCUT2D eigenvalue weighted by Crippen LogP contribution is -2.45. The molecule has 1 aliphatic heterocycles. The summed E-state index contributed by atoms with van der Waals surface area (Å²) in [6.45, 7) is 7.51. The summed E-state index contributed by atoms with van der Waals surface area (Å²) in [5.41, 5.74) is 6.66. The predicted molar refractivity (Wildman–Crippen MR) is 83.2 cm³/mol. The summed E-state index contributed by atoms with van der Waals surface area (Å²) < 4.78 is 19.6. The van der Waals surface area contributed by atoms with Crippen molar-refractivity contribution in [3.05, 3.63) is 29.6 Å². The van der Waals surface area contributed by atoms with Crippen LogP contribution < -0.4 is 10.5 Å². The maximum absolute atomic E-state index is 13.9. The molecule has 0 aromatic heterocycles. The molecule has 118 valence electrons. The van der Waals surface area contributed by atoms with Gasteiger partial charge in [0.15, 0.2) is 11.6 Å². The first-order valence-corrected chi connectivity index (χ1v) is 7.63. The third-order valence-electron chi connectivity index (χ3n) is 3.84. The molecule has 1 aromatic rings. The monoisotopic (exact) mass is 295 g/mol. The van der Waals surface area contributed by atoms with Crippen LogP contribution in [-0.4, -0.2) is 62.2 Å². The number of likely N-dealkylation sites (N-methyl/N-ethyl adjacent to an activating group) is 1. The molecule has 1 unspecified atom stereocenters. The summed E-state index contributed by atoms with van der Waals surface area (Å²) in [5, 5.41) is 0. The quantitative estimate of drug-likeness (QED) is 0.860. The lowest BCUT2D eigenvalue weighted by molar-refractivity contribution is 0.132. The molecule has 1 saturated heterocycles. The van der Waals surface area contributed by atoms with Crippen molar-refractivity contribution >= 4 is 0 Å². The first-order chi connectivity index (χ1) is 10.1. The van der Waals surface area contributed by atoms with Crippen LogP contribution in [-0.2, 0) is 6.42 Å². The van der Waals surface area contributed by atoms with Gasteiger partial charge in [-0.3, -0.25) is 4.90 Å². The van der Waals surface area contributed by atoms with E-state index in [4.69, 9.17) is 10.5 Å². The van der Waals surface area contributed by atoms with Gasteiger partial charge in [0.05, 0.1) is 0 Å². The molecule has 5 heteroatoms. The van der Waals surface area contributed by atoms with Crippen LogP contribution in [0.1, 0.15) is 12.5 Å². The second-order valence-corrected chi connectivity index (χ2v) is 5.90. The van der Waals surface area contributed by atoms with E-state index >= 15 is 0 Å². The number of halogens is 1. The van der Waals surface area contributed by atoms with Crippen LogP contribution >= 0.6 is 0 Å². The van der Waals surface area contributed by atoms with Crippen LogP contribution in [0.25, 0.3) is 0 Å². The lowest BCUT2D eigenvalue weighted by atomic mass is 10.1. The molecule has 2 rings (SSSR count). The Kier molecular flexibility index (Phi) is 5.96. The minimum Gasteiger partial charge on any atom is -0.489 e. The summed E-state index contributed by atoms with van der Waals surface area (Å²) >= 11 is 0. The Morgan fingerprint density at radius 1 is 1.29 bits per heavy atom. The molecule has 1 atom stereocenters. The number of piperazine rings is 1. The number of nitrogens with zero attached hydrogens (tertiary/aromatic N) is 2. The van der Waals surface area contributed by atoms with Gasteiger partial charge in [0.1, 0.15) is 6.61 Å². The Morgan fingerprint density at radius 3 is 2.67 bits per heavy atom. The van der Waals surface area contributed by atoms with Gasteiger partial charge in [-0.1, -0.05) is 12.1 Å². The van der Waals surface area contributed by atoms with Crippen molar-refractivity contribution < 1.29 is 9.13 Å². The number of hydrogen-bond acceptors (Lipinski definition) is 4. The second kappa shape index (κ2) is 7.73. The van der Waals surface area contributed by atoms with Crippen LogP contribution in [0.2, 0.25) is 0 Å². The minimum absolute atomic E-state index is 0.00761. The van der Waals surface area contributed by atoms with E-state index in [0.717, 1.165) is 38.3 Å². The van der Waals surface area contributed by atoms with E-state index in [9.17, 15) is 4.39 Å². The standard InChI is InChI=1S/C16H26FN3O/c1-13(18)12-14-4-3-5-15(17)16(14)21-11-10-20-8-6-19(2)7-9-20/h3-5,13H,6-12,18H2,1-2H3. The molecule has 1 heterocycles. The molecule has 1 aromatic carbocycles. The number of ether oxygens (including phenoxy) is 1. The third kappa shape index (κ3) is 4.95. The van der Waals surface area contributed by atoms with E-state index < -0.39 is 0 Å². The van der Waals surface area contributed by atoms with Crippen molar-refractivity contribution in [3.8, 4) is 5.75 Å². The van der Waals surface area contributed by atoms with E-state index in [2.05, 4.69) is 16.8 Å². The van der Waals surface area contributed by atoms with Crippen molar-refractivity contribution in [2.75, 3.05) is 46.4 Å². The summed E-state index contributed by atoms with van der Waals surface area (Å²) in [5.74, 6) is 0.0652. The van der Waals surface area contributed by atoms with Gasteiger partial charge in [0, 0.05) is 38.8 Å². The molecule has 2 N–H and O–H groups in total. The highest BCUT2D eigenvalue weighted by atomic mass is 19.1. The Morgan fingerprint density at radius 2 is 2.00 bits per heavy atom. The Hall–Kier alpha value is -1.17. The first kappa shape index (κ1) is 16.2. The Bertz CT molecular complexity index is 445. The number of hydrogen-bond donors (Lipinski definition) is 1. The fourth-order valence-corrected chi connectivity index (χ4v) is 2.57. The van der Waals surface area contributed by atoms with Crippen molar-refractivity contribution in [2.24, 2.45) is 5.73 Å². The molecule has 0 spiro atoms. The lowest BCUT2D eigenvalue weighted by Gasteiger charge is -2.32. The third-order valence-corrected chi connectivity index (χ3v) is 3.84. The van der Waals surface area contributed by atoms with Gasteiger partial charge in [0.2, 0.25) is 0 Å². The molecule has 0 saturated carbocycles. The average molecular weight is 295 g/mol. The number of rotatable bonds is 6. The zero-order chi connectivity index (χ0) is 15.2. The zero-order valence-corrected chi connectivity index (χ0v) is 13.0. The molecule has 0 radical (unpaired) electrons. The summed E-state index contributed by atoms with van der Waals surface area (Å²) in [4.78, 5) is 4.67. The van der Waals surface area contributed by atoms with E-state index in [1.54, 1.807) is 6.07 Å². The van der Waals surface area contributed by atoms with Crippen LogP contribution in [0.15, 0.2) is 18.2 Å². The highest BCUT2D eigenvalue weighted by molar-refractivity contribution is 5.35. The van der Waals surface area contributed by atoms with Gasteiger partial charge in [-0.15, -0.1) is 0 Å². The van der Waals surface area contributed by atoms with Crippen LogP contribution in [0, 0.1) is 5.82 Å². The topological polar surface area (TPSA) is 41.7 Å². The smallest absolute Gasteiger partial charge is 0.165 e. The Labute approximate surface area is 126 Å². The highest BCUT2D eigenvalue weighted by Crippen LogP contribution is 2.23. The number of para-hydroxylation sites is 1. The Balaban J connectivity index is 1.87. The zero-order valence-electron chi connectivity index (χ0n) is 13.0. The van der Waals surface area contributed by atoms with Crippen LogP contribution in [0.5, 0.6) is 5.75 Å². The fourth-order valence-electron chi connectivity index (χ4n) is 2.57. The van der Waals surface area contributed by atoms with Gasteiger partial charge in [-0.05, 0) is 32.0 Å². The van der Waals surface area contributed by atoms with E-state index in [-0.39, 0.29) is 11.9 Å². The minimum atomic E-state index is -0.300. The van der Waals surface area contributed by atoms with Crippen molar-refractivity contribution in [1.82, 2.24) is 9.80 Å². The van der Waals surface area contributed by atoms with Gasteiger partial charge >= 0.3 is 0 Å². The molecule has 0 amide bonds. The second-order valence-electron chi connectivity index (χ2n) is 5.90. The molecular weight excluding hydrogens is 269 g/mol. The first-order valence-electron chi connectivity index (χ1n) is 7.63. The van der Waals surface area contributed by atoms with E-state index in [1.807, 2.05) is 13.0 Å². The van der Waals surface area contributed by atoms with Crippen LogP contribution in [0.4, 0.5) is 4.39 Å². The molecule has 1 aliphatic rings.